The largest absolute Gasteiger partial charge is 0.491 e. The highest BCUT2D eigenvalue weighted by molar-refractivity contribution is 14.0. The van der Waals surface area contributed by atoms with Gasteiger partial charge in [-0.2, -0.15) is 0 Å². The zero-order valence-corrected chi connectivity index (χ0v) is 21.7. The van der Waals surface area contributed by atoms with Crippen molar-refractivity contribution in [3.63, 3.8) is 0 Å². The number of benzene rings is 1. The lowest BCUT2D eigenvalue weighted by Crippen LogP contribution is -2.57. The maximum atomic E-state index is 12.7. The first-order chi connectivity index (χ1) is 14.5. The molecule has 7 nitrogen and oxygen atoms in total. The molecule has 31 heavy (non-hydrogen) atoms. The lowest BCUT2D eigenvalue weighted by atomic mass is 10.2. The summed E-state index contributed by atoms with van der Waals surface area (Å²) in [6, 6.07) is 8.16. The number of guanidine groups is 1. The molecular weight excluding hydrogens is 505 g/mol. The van der Waals surface area contributed by atoms with E-state index in [1.807, 2.05) is 37.9 Å². The summed E-state index contributed by atoms with van der Waals surface area (Å²) in [6.07, 6.45) is 2.46. The summed E-state index contributed by atoms with van der Waals surface area (Å²) in [4.78, 5) is 23.8. The zero-order valence-electron chi connectivity index (χ0n) is 19.3. The van der Waals surface area contributed by atoms with Crippen LogP contribution in [-0.2, 0) is 11.3 Å². The molecule has 8 heteroatoms. The Bertz CT molecular complexity index is 711. The highest BCUT2D eigenvalue weighted by Gasteiger charge is 2.30. The summed E-state index contributed by atoms with van der Waals surface area (Å²) in [6.45, 7) is 12.2. The normalized spacial score (nSPS) is 18.7. The van der Waals surface area contributed by atoms with Crippen LogP contribution >= 0.6 is 24.0 Å². The third kappa shape index (κ3) is 7.24. The van der Waals surface area contributed by atoms with Crippen molar-refractivity contribution in [1.29, 1.82) is 0 Å². The Balaban J connectivity index is 0.00000341. The molecule has 2 aliphatic heterocycles. The summed E-state index contributed by atoms with van der Waals surface area (Å²) in [5.41, 5.74) is 1.19. The third-order valence-electron chi connectivity index (χ3n) is 5.89. The van der Waals surface area contributed by atoms with Crippen LogP contribution in [0, 0.1) is 0 Å². The van der Waals surface area contributed by atoms with Crippen LogP contribution in [0.2, 0.25) is 0 Å². The molecule has 2 heterocycles. The molecule has 1 N–H and O–H groups in total. The standard InChI is InChI=1S/C23H37N5O2.HI/c1-18(2)30-21-9-7-20(8-10-21)17-25-23(24-4)28-15-13-26(14-16-28)19(3)22(29)27-11-5-6-12-27;/h7-10,18-19H,5-6,11-17H2,1-4H3,(H,24,25);1H. The molecule has 174 valence electrons. The highest BCUT2D eigenvalue weighted by atomic mass is 127. The van der Waals surface area contributed by atoms with Gasteiger partial charge in [0.05, 0.1) is 12.1 Å². The van der Waals surface area contributed by atoms with Crippen molar-refractivity contribution in [2.45, 2.75) is 52.3 Å². The van der Waals surface area contributed by atoms with Crippen molar-refractivity contribution in [1.82, 2.24) is 20.0 Å². The second-order valence-electron chi connectivity index (χ2n) is 8.44. The van der Waals surface area contributed by atoms with Crippen LogP contribution in [0.25, 0.3) is 0 Å². The maximum absolute atomic E-state index is 12.7. The molecule has 0 radical (unpaired) electrons. The van der Waals surface area contributed by atoms with Gasteiger partial charge in [0.25, 0.3) is 0 Å². The van der Waals surface area contributed by atoms with E-state index in [2.05, 4.69) is 39.2 Å². The molecule has 0 spiro atoms. The first-order valence-electron chi connectivity index (χ1n) is 11.2. The van der Waals surface area contributed by atoms with E-state index in [4.69, 9.17) is 4.74 Å². The monoisotopic (exact) mass is 543 g/mol. The Morgan fingerprint density at radius 1 is 1.00 bits per heavy atom. The van der Waals surface area contributed by atoms with E-state index in [-0.39, 0.29) is 42.0 Å². The summed E-state index contributed by atoms with van der Waals surface area (Å²) in [5, 5.41) is 3.47. The fraction of sp³-hybridized carbons (Fsp3) is 0.652. The van der Waals surface area contributed by atoms with Crippen LogP contribution in [-0.4, -0.2) is 85.0 Å². The summed E-state index contributed by atoms with van der Waals surface area (Å²) in [7, 11) is 1.83. The second kappa shape index (κ2) is 12.5. The number of piperazine rings is 1. The molecule has 1 aromatic rings. The first kappa shape index (κ1) is 25.7. The Hall–Kier alpha value is -1.55. The summed E-state index contributed by atoms with van der Waals surface area (Å²) < 4.78 is 5.71. The number of aliphatic imine (C=N–C) groups is 1. The smallest absolute Gasteiger partial charge is 0.239 e. The molecule has 2 aliphatic rings. The second-order valence-corrected chi connectivity index (χ2v) is 8.44. The van der Waals surface area contributed by atoms with Gasteiger partial charge in [-0.1, -0.05) is 12.1 Å². The molecule has 2 fully saturated rings. The number of halogens is 1. The minimum atomic E-state index is -0.0354. The number of amides is 1. The molecule has 1 unspecified atom stereocenters. The molecule has 1 amide bonds. The fourth-order valence-electron chi connectivity index (χ4n) is 4.15. The number of ether oxygens (including phenoxy) is 1. The van der Waals surface area contributed by atoms with Gasteiger partial charge in [0.15, 0.2) is 5.96 Å². The Kier molecular flexibility index (Phi) is 10.3. The van der Waals surface area contributed by atoms with Crippen LogP contribution in [0.1, 0.15) is 39.2 Å². The van der Waals surface area contributed by atoms with Crippen molar-refractivity contribution in [2.24, 2.45) is 4.99 Å². The average Bonchev–Trinajstić information content (AvgIpc) is 3.29. The van der Waals surface area contributed by atoms with Crippen molar-refractivity contribution in [3.8, 4) is 5.75 Å². The van der Waals surface area contributed by atoms with Gasteiger partial charge >= 0.3 is 0 Å². The van der Waals surface area contributed by atoms with Gasteiger partial charge in [-0.05, 0) is 51.3 Å². The molecular formula is C23H38IN5O2. The number of likely N-dealkylation sites (tertiary alicyclic amines) is 1. The Morgan fingerprint density at radius 3 is 2.16 bits per heavy atom. The van der Waals surface area contributed by atoms with Crippen LogP contribution < -0.4 is 10.1 Å². The van der Waals surface area contributed by atoms with Gasteiger partial charge in [-0.15, -0.1) is 24.0 Å². The highest BCUT2D eigenvalue weighted by Crippen LogP contribution is 2.15. The number of hydrogen-bond donors (Lipinski definition) is 1. The predicted octanol–water partition coefficient (Wildman–Crippen LogP) is 2.80. The zero-order chi connectivity index (χ0) is 21.5. The van der Waals surface area contributed by atoms with Crippen molar-refractivity contribution >= 4 is 35.8 Å². The quantitative estimate of drug-likeness (QED) is 0.340. The van der Waals surface area contributed by atoms with E-state index in [0.717, 1.165) is 70.4 Å². The lowest BCUT2D eigenvalue weighted by molar-refractivity contribution is -0.135. The first-order valence-corrected chi connectivity index (χ1v) is 11.2. The van der Waals surface area contributed by atoms with Crippen molar-refractivity contribution < 1.29 is 9.53 Å². The third-order valence-corrected chi connectivity index (χ3v) is 5.89. The molecule has 0 aromatic heterocycles. The average molecular weight is 543 g/mol. The molecule has 0 bridgehead atoms. The van der Waals surface area contributed by atoms with E-state index in [1.165, 1.54) is 5.56 Å². The molecule has 2 saturated heterocycles. The van der Waals surface area contributed by atoms with E-state index in [0.29, 0.717) is 0 Å². The maximum Gasteiger partial charge on any atom is 0.239 e. The van der Waals surface area contributed by atoms with E-state index in [9.17, 15) is 4.79 Å². The van der Waals surface area contributed by atoms with Gasteiger partial charge in [-0.25, -0.2) is 0 Å². The molecule has 0 aliphatic carbocycles. The minimum absolute atomic E-state index is 0. The van der Waals surface area contributed by atoms with E-state index >= 15 is 0 Å². The number of carbonyl (C=O) groups is 1. The summed E-state index contributed by atoms with van der Waals surface area (Å²) >= 11 is 0. The van der Waals surface area contributed by atoms with Crippen molar-refractivity contribution in [2.75, 3.05) is 46.3 Å². The molecule has 3 rings (SSSR count). The van der Waals surface area contributed by atoms with E-state index < -0.39 is 0 Å². The number of carbonyl (C=O) groups excluding carboxylic acids is 1. The number of nitrogens with zero attached hydrogens (tertiary/aromatic N) is 4. The number of hydrogen-bond acceptors (Lipinski definition) is 4. The molecule has 1 aromatic carbocycles. The summed E-state index contributed by atoms with van der Waals surface area (Å²) in [5.74, 6) is 2.09. The molecule has 1 atom stereocenters. The van der Waals surface area contributed by atoms with Gasteiger partial charge in [0, 0.05) is 52.9 Å². The number of nitrogens with one attached hydrogen (secondary N) is 1. The Labute approximate surface area is 204 Å². The van der Waals surface area contributed by atoms with Crippen LogP contribution in [0.5, 0.6) is 5.75 Å². The predicted molar refractivity (Wildman–Crippen MR) is 136 cm³/mol. The SMILES string of the molecule is CN=C(NCc1ccc(OC(C)C)cc1)N1CCN(C(C)C(=O)N2CCCC2)CC1.I. The van der Waals surface area contributed by atoms with Gasteiger partial charge in [0.2, 0.25) is 5.91 Å². The van der Waals surface area contributed by atoms with Gasteiger partial charge < -0.3 is 19.9 Å². The van der Waals surface area contributed by atoms with Crippen LogP contribution in [0.4, 0.5) is 0 Å². The van der Waals surface area contributed by atoms with Gasteiger partial charge in [-0.3, -0.25) is 14.7 Å². The lowest BCUT2D eigenvalue weighted by Gasteiger charge is -2.39. The van der Waals surface area contributed by atoms with E-state index in [1.54, 1.807) is 0 Å². The fourth-order valence-corrected chi connectivity index (χ4v) is 4.15. The minimum Gasteiger partial charge on any atom is -0.491 e. The topological polar surface area (TPSA) is 60.4 Å². The molecule has 0 saturated carbocycles. The van der Waals surface area contributed by atoms with Crippen molar-refractivity contribution in [3.05, 3.63) is 29.8 Å². The van der Waals surface area contributed by atoms with Crippen LogP contribution in [0.15, 0.2) is 29.3 Å². The number of rotatable bonds is 6. The van der Waals surface area contributed by atoms with Crippen LogP contribution in [0.3, 0.4) is 0 Å². The van der Waals surface area contributed by atoms with Gasteiger partial charge in [0.1, 0.15) is 5.75 Å². The Morgan fingerprint density at radius 2 is 1.61 bits per heavy atom.